The quantitative estimate of drug-likeness (QED) is 0.399. The van der Waals surface area contributed by atoms with Crippen molar-refractivity contribution in [3.8, 4) is 0 Å². The van der Waals surface area contributed by atoms with Gasteiger partial charge in [-0.25, -0.2) is 27.0 Å². The Hall–Kier alpha value is -4.00. The smallest absolute Gasteiger partial charge is 0.408 e. The molecule has 0 saturated heterocycles. The molecular formula is C19H16F2N6O4S. The predicted octanol–water partition coefficient (Wildman–Crippen LogP) is 3.06. The maximum atomic E-state index is 14.3. The molecule has 0 atom stereocenters. The lowest BCUT2D eigenvalue weighted by molar-refractivity contribution is 0.528. The van der Waals surface area contributed by atoms with Crippen molar-refractivity contribution in [3.05, 3.63) is 64.8 Å². The van der Waals surface area contributed by atoms with Gasteiger partial charge in [-0.15, -0.1) is 0 Å². The van der Waals surface area contributed by atoms with Gasteiger partial charge in [0.05, 0.1) is 23.7 Å². The molecule has 0 aliphatic heterocycles. The number of sulfonamides is 1. The van der Waals surface area contributed by atoms with E-state index in [9.17, 15) is 22.0 Å². The molecule has 0 radical (unpaired) electrons. The van der Waals surface area contributed by atoms with E-state index in [1.807, 2.05) is 0 Å². The third-order valence-corrected chi connectivity index (χ3v) is 4.91. The Morgan fingerprint density at radius 1 is 1.03 bits per heavy atom. The van der Waals surface area contributed by atoms with E-state index in [1.54, 1.807) is 19.2 Å². The zero-order valence-electron chi connectivity index (χ0n) is 16.7. The van der Waals surface area contributed by atoms with Crippen molar-refractivity contribution >= 4 is 50.0 Å². The van der Waals surface area contributed by atoms with E-state index in [0.717, 1.165) is 18.5 Å². The largest absolute Gasteiger partial charge is 0.419 e. The van der Waals surface area contributed by atoms with Crippen LogP contribution in [0.3, 0.4) is 0 Å². The van der Waals surface area contributed by atoms with Gasteiger partial charge in [0.15, 0.2) is 17.2 Å². The molecule has 0 aliphatic rings. The third-order valence-electron chi connectivity index (χ3n) is 4.32. The molecule has 2 aromatic heterocycles. The number of nitrogens with zero attached hydrogens (tertiary/aromatic N) is 3. The van der Waals surface area contributed by atoms with E-state index in [0.29, 0.717) is 16.8 Å². The van der Waals surface area contributed by atoms with Crippen LogP contribution in [0.25, 0.3) is 11.1 Å². The first kappa shape index (κ1) is 21.2. The van der Waals surface area contributed by atoms with E-state index < -0.39 is 27.4 Å². The predicted molar refractivity (Wildman–Crippen MR) is 115 cm³/mol. The number of hydrogen-bond donors (Lipinski definition) is 3. The summed E-state index contributed by atoms with van der Waals surface area (Å²) in [4.78, 5) is 19.5. The summed E-state index contributed by atoms with van der Waals surface area (Å²) in [6.45, 7) is 0. The van der Waals surface area contributed by atoms with Crippen LogP contribution in [-0.2, 0) is 17.1 Å². The number of rotatable bonds is 6. The first-order chi connectivity index (χ1) is 15.1. The Morgan fingerprint density at radius 2 is 1.75 bits per heavy atom. The highest BCUT2D eigenvalue weighted by molar-refractivity contribution is 7.92. The maximum absolute atomic E-state index is 14.3. The molecule has 0 fully saturated rings. The summed E-state index contributed by atoms with van der Waals surface area (Å²) in [6.07, 6.45) is 1.82. The van der Waals surface area contributed by atoms with Crippen LogP contribution < -0.4 is 21.1 Å². The minimum Gasteiger partial charge on any atom is -0.408 e. The Balaban J connectivity index is 1.59. The van der Waals surface area contributed by atoms with Crippen LogP contribution >= 0.6 is 0 Å². The van der Waals surface area contributed by atoms with Gasteiger partial charge < -0.3 is 15.1 Å². The van der Waals surface area contributed by atoms with Gasteiger partial charge in [0.2, 0.25) is 16.0 Å². The summed E-state index contributed by atoms with van der Waals surface area (Å²) in [5, 5.41) is 5.54. The zero-order valence-corrected chi connectivity index (χ0v) is 17.5. The molecule has 3 N–H and O–H groups in total. The topological polar surface area (TPSA) is 131 Å². The standard InChI is InChI=1S/C19H16F2N6O4S/c1-27-15-6-4-11(8-16(15)31-19(27)28)23-17-13(21)9-22-18(25-17)24-10-3-5-12(20)14(7-10)26-32(2,29)30/h3-9,26H,1-2H3,(H2,22,23,24,25). The molecule has 166 valence electrons. The van der Waals surface area contributed by atoms with Crippen LogP contribution in [0.5, 0.6) is 0 Å². The highest BCUT2D eigenvalue weighted by atomic mass is 32.2. The summed E-state index contributed by atoms with van der Waals surface area (Å²) in [7, 11) is -2.13. The van der Waals surface area contributed by atoms with Gasteiger partial charge in [-0.2, -0.15) is 4.98 Å². The van der Waals surface area contributed by atoms with E-state index in [-0.39, 0.29) is 23.1 Å². The van der Waals surface area contributed by atoms with Gasteiger partial charge in [0.25, 0.3) is 0 Å². The molecule has 0 saturated carbocycles. The molecule has 0 bridgehead atoms. The Kier molecular flexibility index (Phi) is 5.26. The van der Waals surface area contributed by atoms with Crippen molar-refractivity contribution in [1.29, 1.82) is 0 Å². The first-order valence-electron chi connectivity index (χ1n) is 9.02. The van der Waals surface area contributed by atoms with Gasteiger partial charge >= 0.3 is 5.76 Å². The summed E-state index contributed by atoms with van der Waals surface area (Å²) in [5.41, 5.74) is 1.29. The second-order valence-corrected chi connectivity index (χ2v) is 8.57. The lowest BCUT2D eigenvalue weighted by Crippen LogP contribution is -2.11. The number of benzene rings is 2. The second-order valence-electron chi connectivity index (χ2n) is 6.82. The van der Waals surface area contributed by atoms with Crippen molar-refractivity contribution in [2.45, 2.75) is 0 Å². The third kappa shape index (κ3) is 4.51. The number of halogens is 2. The first-order valence-corrected chi connectivity index (χ1v) is 10.9. The van der Waals surface area contributed by atoms with Gasteiger partial charge in [0, 0.05) is 24.5 Å². The van der Waals surface area contributed by atoms with Crippen LogP contribution in [0.4, 0.5) is 37.6 Å². The van der Waals surface area contributed by atoms with Crippen molar-refractivity contribution in [3.63, 3.8) is 0 Å². The molecule has 4 rings (SSSR count). The number of nitrogens with one attached hydrogen (secondary N) is 3. The fourth-order valence-electron chi connectivity index (χ4n) is 2.87. The minimum absolute atomic E-state index is 0.0295. The second kappa shape index (κ2) is 7.92. The van der Waals surface area contributed by atoms with Gasteiger partial charge in [-0.05, 0) is 30.3 Å². The summed E-state index contributed by atoms with van der Waals surface area (Å²) < 4.78 is 59.4. The van der Waals surface area contributed by atoms with Crippen molar-refractivity contribution in [2.75, 3.05) is 21.6 Å². The number of hydrogen-bond acceptors (Lipinski definition) is 8. The molecular weight excluding hydrogens is 446 g/mol. The molecule has 13 heteroatoms. The highest BCUT2D eigenvalue weighted by Gasteiger charge is 2.12. The number of fused-ring (bicyclic) bond motifs is 1. The lowest BCUT2D eigenvalue weighted by atomic mass is 10.2. The van der Waals surface area contributed by atoms with E-state index in [2.05, 4.69) is 25.3 Å². The summed E-state index contributed by atoms with van der Waals surface area (Å²) >= 11 is 0. The molecule has 10 nitrogen and oxygen atoms in total. The Morgan fingerprint density at radius 3 is 2.50 bits per heavy atom. The molecule has 4 aromatic rings. The van der Waals surface area contributed by atoms with Crippen molar-refractivity contribution < 1.29 is 21.6 Å². The van der Waals surface area contributed by atoms with Crippen molar-refractivity contribution in [1.82, 2.24) is 14.5 Å². The van der Waals surface area contributed by atoms with Crippen LogP contribution in [0.2, 0.25) is 0 Å². The van der Waals surface area contributed by atoms with Gasteiger partial charge in [-0.3, -0.25) is 9.29 Å². The lowest BCUT2D eigenvalue weighted by Gasteiger charge is -2.11. The number of oxazole rings is 1. The SMILES string of the molecule is Cn1c(=O)oc2cc(Nc3nc(Nc4ccc(F)c(NS(C)(=O)=O)c4)ncc3F)ccc21. The minimum atomic E-state index is -3.69. The normalized spacial score (nSPS) is 11.5. The number of anilines is 5. The van der Waals surface area contributed by atoms with E-state index in [1.165, 1.54) is 22.8 Å². The average Bonchev–Trinajstić information content (AvgIpc) is 2.99. The van der Waals surface area contributed by atoms with Gasteiger partial charge in [0.1, 0.15) is 5.82 Å². The van der Waals surface area contributed by atoms with E-state index in [4.69, 9.17) is 4.42 Å². The number of aromatic nitrogens is 3. The van der Waals surface area contributed by atoms with Crippen LogP contribution in [-0.4, -0.2) is 29.2 Å². The fraction of sp³-hybridized carbons (Fsp3) is 0.105. The van der Waals surface area contributed by atoms with Crippen molar-refractivity contribution in [2.24, 2.45) is 7.05 Å². The monoisotopic (exact) mass is 462 g/mol. The zero-order chi connectivity index (χ0) is 23.0. The van der Waals surface area contributed by atoms with Crippen LogP contribution in [0.15, 0.2) is 51.8 Å². The average molecular weight is 462 g/mol. The Labute approximate surface area is 180 Å². The molecule has 0 amide bonds. The van der Waals surface area contributed by atoms with Crippen LogP contribution in [0, 0.1) is 11.6 Å². The highest BCUT2D eigenvalue weighted by Crippen LogP contribution is 2.25. The molecule has 0 spiro atoms. The maximum Gasteiger partial charge on any atom is 0.419 e. The molecule has 0 aliphatic carbocycles. The fourth-order valence-corrected chi connectivity index (χ4v) is 3.43. The summed E-state index contributed by atoms with van der Waals surface area (Å²) in [6, 6.07) is 8.39. The van der Waals surface area contributed by atoms with E-state index >= 15 is 0 Å². The Bertz CT molecular complexity index is 1500. The number of aryl methyl sites for hydroxylation is 1. The molecule has 2 aromatic carbocycles. The van der Waals surface area contributed by atoms with Gasteiger partial charge in [-0.1, -0.05) is 0 Å². The van der Waals surface area contributed by atoms with Crippen LogP contribution in [0.1, 0.15) is 0 Å². The molecule has 0 unspecified atom stereocenters. The summed E-state index contributed by atoms with van der Waals surface area (Å²) in [5.74, 6) is -2.24. The molecule has 32 heavy (non-hydrogen) atoms. The molecule has 2 heterocycles.